The maximum Gasteiger partial charge on any atom is 0.165 e. The molecule has 2 atom stereocenters. The van der Waals surface area contributed by atoms with Crippen molar-refractivity contribution in [3.8, 4) is 0 Å². The van der Waals surface area contributed by atoms with Crippen molar-refractivity contribution in [2.45, 2.75) is 51.6 Å². The number of anilines is 2. The fourth-order valence-corrected chi connectivity index (χ4v) is 3.21. The summed E-state index contributed by atoms with van der Waals surface area (Å²) < 4.78 is 19.6. The molecule has 1 fully saturated rings. The van der Waals surface area contributed by atoms with E-state index in [-0.39, 0.29) is 23.7 Å². The summed E-state index contributed by atoms with van der Waals surface area (Å²) in [6.07, 6.45) is 9.82. The van der Waals surface area contributed by atoms with Crippen LogP contribution in [0.1, 0.15) is 38.2 Å². The fourth-order valence-electron chi connectivity index (χ4n) is 3.21. The van der Waals surface area contributed by atoms with Gasteiger partial charge in [0.2, 0.25) is 0 Å². The topological polar surface area (TPSA) is 72.2 Å². The minimum Gasteiger partial charge on any atom is -0.380 e. The molecule has 1 heterocycles. The normalized spacial score (nSPS) is 20.7. The molecule has 0 spiro atoms. The van der Waals surface area contributed by atoms with Crippen LogP contribution in [0.2, 0.25) is 0 Å². The molecule has 0 bridgehead atoms. The molecular weight excluding hydrogens is 343 g/mol. The first kappa shape index (κ1) is 21.1. The third kappa shape index (κ3) is 6.19. The summed E-state index contributed by atoms with van der Waals surface area (Å²) in [7, 11) is 1.63. The van der Waals surface area contributed by atoms with Crippen molar-refractivity contribution in [3.05, 3.63) is 53.5 Å². The van der Waals surface area contributed by atoms with Gasteiger partial charge < -0.3 is 21.1 Å². The predicted molar refractivity (Wildman–Crippen MR) is 110 cm³/mol. The van der Waals surface area contributed by atoms with E-state index in [9.17, 15) is 4.39 Å². The number of aromatic nitrogens is 1. The van der Waals surface area contributed by atoms with Crippen LogP contribution in [0, 0.1) is 12.7 Å². The van der Waals surface area contributed by atoms with Crippen molar-refractivity contribution < 1.29 is 9.13 Å². The lowest BCUT2D eigenvalue weighted by atomic mass is 9.91. The van der Waals surface area contributed by atoms with Gasteiger partial charge in [-0.15, -0.1) is 0 Å². The Bertz CT molecular complexity index is 714. The first-order chi connectivity index (χ1) is 12.9. The number of allylic oxidation sites excluding steroid dienone is 2. The lowest BCUT2D eigenvalue weighted by molar-refractivity contribution is 0.228. The van der Waals surface area contributed by atoms with E-state index in [1.807, 2.05) is 32.1 Å². The van der Waals surface area contributed by atoms with Gasteiger partial charge in [-0.2, -0.15) is 0 Å². The third-order valence-corrected chi connectivity index (χ3v) is 4.61. The smallest absolute Gasteiger partial charge is 0.165 e. The van der Waals surface area contributed by atoms with E-state index in [0.29, 0.717) is 12.4 Å². The van der Waals surface area contributed by atoms with Gasteiger partial charge in [-0.25, -0.2) is 9.37 Å². The average Bonchev–Trinajstić information content (AvgIpc) is 2.61. The van der Waals surface area contributed by atoms with E-state index in [4.69, 9.17) is 10.5 Å². The number of nitrogens with one attached hydrogen (secondary N) is 2. The van der Waals surface area contributed by atoms with Crippen LogP contribution in [0.3, 0.4) is 0 Å². The maximum atomic E-state index is 14.5. The van der Waals surface area contributed by atoms with Crippen LogP contribution in [0.5, 0.6) is 0 Å². The summed E-state index contributed by atoms with van der Waals surface area (Å²) >= 11 is 0. The molecule has 0 aromatic carbocycles. The third-order valence-electron chi connectivity index (χ3n) is 4.61. The standard InChI is InChI=1S/C21H31FN4O/c1-5-8-16(11-14(2)13-27-4)24-20-15(3)12-17(22)21(26-20)25-19-10-7-6-9-18(19)23/h5,8,11-12,18-19H,2,6-7,9-10,13,23H2,1,3-4H3,(H2,24,25,26)/b8-5-,16-11+. The number of hydrogen-bond acceptors (Lipinski definition) is 5. The zero-order valence-corrected chi connectivity index (χ0v) is 16.5. The Hall–Kier alpha value is -2.18. The maximum absolute atomic E-state index is 14.5. The van der Waals surface area contributed by atoms with Crippen LogP contribution >= 0.6 is 0 Å². The van der Waals surface area contributed by atoms with Crippen LogP contribution in [0.15, 0.2) is 42.1 Å². The van der Waals surface area contributed by atoms with Gasteiger partial charge in [-0.3, -0.25) is 0 Å². The molecule has 4 N–H and O–H groups in total. The van der Waals surface area contributed by atoms with E-state index in [1.54, 1.807) is 7.11 Å². The first-order valence-electron chi connectivity index (χ1n) is 9.42. The van der Waals surface area contributed by atoms with Gasteiger partial charge in [0.15, 0.2) is 11.6 Å². The van der Waals surface area contributed by atoms with Crippen LogP contribution in [0.25, 0.3) is 0 Å². The van der Waals surface area contributed by atoms with Gasteiger partial charge >= 0.3 is 0 Å². The summed E-state index contributed by atoms with van der Waals surface area (Å²) in [5, 5.41) is 6.47. The molecule has 2 rings (SSSR count). The summed E-state index contributed by atoms with van der Waals surface area (Å²) in [5.74, 6) is 0.468. The molecule has 1 aromatic heterocycles. The average molecular weight is 375 g/mol. The monoisotopic (exact) mass is 374 g/mol. The van der Waals surface area contributed by atoms with Gasteiger partial charge in [0.1, 0.15) is 5.82 Å². The second-order valence-electron chi connectivity index (χ2n) is 7.00. The molecular formula is C21H31FN4O. The highest BCUT2D eigenvalue weighted by atomic mass is 19.1. The van der Waals surface area contributed by atoms with Crippen molar-refractivity contribution in [1.82, 2.24) is 4.98 Å². The summed E-state index contributed by atoms with van der Waals surface area (Å²) in [5.41, 5.74) is 8.53. The van der Waals surface area contributed by atoms with E-state index < -0.39 is 0 Å². The van der Waals surface area contributed by atoms with Crippen molar-refractivity contribution in [2.75, 3.05) is 24.4 Å². The number of nitrogens with zero attached hydrogens (tertiary/aromatic N) is 1. The highest BCUT2D eigenvalue weighted by Gasteiger charge is 2.23. The first-order valence-corrected chi connectivity index (χ1v) is 9.42. The van der Waals surface area contributed by atoms with Crippen molar-refractivity contribution in [2.24, 2.45) is 5.73 Å². The van der Waals surface area contributed by atoms with Gasteiger partial charge in [-0.05, 0) is 56.0 Å². The molecule has 2 unspecified atom stereocenters. The van der Waals surface area contributed by atoms with E-state index in [0.717, 1.165) is 42.5 Å². The second-order valence-corrected chi connectivity index (χ2v) is 7.00. The number of rotatable bonds is 8. The Labute approximate surface area is 161 Å². The zero-order valence-electron chi connectivity index (χ0n) is 16.5. The van der Waals surface area contributed by atoms with E-state index in [1.165, 1.54) is 6.07 Å². The molecule has 0 radical (unpaired) electrons. The van der Waals surface area contributed by atoms with Crippen LogP contribution in [0.4, 0.5) is 16.0 Å². The number of pyridine rings is 1. The predicted octanol–water partition coefficient (Wildman–Crippen LogP) is 4.29. The van der Waals surface area contributed by atoms with Crippen LogP contribution < -0.4 is 16.4 Å². The van der Waals surface area contributed by atoms with Gasteiger partial charge in [0.05, 0.1) is 6.61 Å². The van der Waals surface area contributed by atoms with Crippen molar-refractivity contribution >= 4 is 11.6 Å². The Morgan fingerprint density at radius 3 is 2.81 bits per heavy atom. The van der Waals surface area contributed by atoms with E-state index in [2.05, 4.69) is 22.2 Å². The molecule has 0 saturated heterocycles. The Balaban J connectivity index is 2.23. The quantitative estimate of drug-likeness (QED) is 0.592. The number of methoxy groups -OCH3 is 1. The number of nitrogens with two attached hydrogens (primary N) is 1. The van der Waals surface area contributed by atoms with Crippen molar-refractivity contribution in [1.29, 1.82) is 0 Å². The fraction of sp³-hybridized carbons (Fsp3) is 0.476. The number of ether oxygens (including phenoxy) is 1. The van der Waals surface area contributed by atoms with Crippen molar-refractivity contribution in [3.63, 3.8) is 0 Å². The molecule has 1 aromatic rings. The molecule has 0 amide bonds. The second kappa shape index (κ2) is 10.2. The highest BCUT2D eigenvalue weighted by Crippen LogP contribution is 2.25. The Morgan fingerprint density at radius 2 is 2.15 bits per heavy atom. The Kier molecular flexibility index (Phi) is 8.00. The highest BCUT2D eigenvalue weighted by molar-refractivity contribution is 5.57. The zero-order chi connectivity index (χ0) is 19.8. The summed E-state index contributed by atoms with van der Waals surface area (Å²) in [4.78, 5) is 4.49. The lowest BCUT2D eigenvalue weighted by Gasteiger charge is -2.30. The van der Waals surface area contributed by atoms with Gasteiger partial charge in [0, 0.05) is 24.9 Å². The SMILES string of the molecule is C=C(/C=C(\C=C/C)Nc1nc(NC2CCCCC2N)c(F)cc1C)COC. The molecule has 1 aliphatic carbocycles. The van der Waals surface area contributed by atoms with Gasteiger partial charge in [0.25, 0.3) is 0 Å². The molecule has 5 nitrogen and oxygen atoms in total. The largest absolute Gasteiger partial charge is 0.380 e. The Morgan fingerprint density at radius 1 is 1.41 bits per heavy atom. The van der Waals surface area contributed by atoms with Gasteiger partial charge in [-0.1, -0.05) is 25.5 Å². The molecule has 6 heteroatoms. The molecule has 1 aliphatic rings. The molecule has 1 saturated carbocycles. The molecule has 27 heavy (non-hydrogen) atoms. The number of aryl methyl sites for hydroxylation is 1. The number of halogens is 1. The molecule has 0 aliphatic heterocycles. The number of hydrogen-bond donors (Lipinski definition) is 3. The minimum atomic E-state index is -0.365. The molecule has 148 valence electrons. The summed E-state index contributed by atoms with van der Waals surface area (Å²) in [6.45, 7) is 8.15. The van der Waals surface area contributed by atoms with Crippen LogP contribution in [-0.2, 0) is 4.74 Å². The van der Waals surface area contributed by atoms with Crippen LogP contribution in [-0.4, -0.2) is 30.8 Å². The lowest BCUT2D eigenvalue weighted by Crippen LogP contribution is -2.43. The van der Waals surface area contributed by atoms with E-state index >= 15 is 0 Å². The summed E-state index contributed by atoms with van der Waals surface area (Å²) in [6, 6.07) is 1.56. The minimum absolute atomic E-state index is 0.0218.